The van der Waals surface area contributed by atoms with E-state index in [-0.39, 0.29) is 23.2 Å². The molecule has 1 N–H and O–H groups in total. The number of ether oxygens (including phenoxy) is 2. The highest BCUT2D eigenvalue weighted by atomic mass is 16.5. The summed E-state index contributed by atoms with van der Waals surface area (Å²) < 4.78 is 17.3. The summed E-state index contributed by atoms with van der Waals surface area (Å²) in [6.45, 7) is 8.53. The highest BCUT2D eigenvalue weighted by molar-refractivity contribution is 5.92. The molecule has 1 heterocycles. The second-order valence-electron chi connectivity index (χ2n) is 9.21. The van der Waals surface area contributed by atoms with Crippen LogP contribution in [0.1, 0.15) is 33.3 Å². The maximum Gasteiger partial charge on any atom is 0.262 e. The van der Waals surface area contributed by atoms with Gasteiger partial charge in [0.2, 0.25) is 11.2 Å². The van der Waals surface area contributed by atoms with E-state index in [1.54, 1.807) is 42.5 Å². The average molecular weight is 472 g/mol. The van der Waals surface area contributed by atoms with Crippen LogP contribution in [0, 0.1) is 0 Å². The summed E-state index contributed by atoms with van der Waals surface area (Å²) in [5.41, 5.74) is 2.57. The van der Waals surface area contributed by atoms with Gasteiger partial charge >= 0.3 is 0 Å². The van der Waals surface area contributed by atoms with Gasteiger partial charge in [0.1, 0.15) is 11.3 Å². The Morgan fingerprint density at radius 1 is 0.914 bits per heavy atom. The Bertz CT molecular complexity index is 1380. The maximum atomic E-state index is 13.3. The van der Waals surface area contributed by atoms with Gasteiger partial charge in [-0.1, -0.05) is 57.2 Å². The van der Waals surface area contributed by atoms with Crippen LogP contribution in [0.15, 0.2) is 82.0 Å². The minimum absolute atomic E-state index is 0.00838. The Labute approximate surface area is 204 Å². The van der Waals surface area contributed by atoms with Crippen LogP contribution in [0.2, 0.25) is 0 Å². The molecule has 35 heavy (non-hydrogen) atoms. The van der Waals surface area contributed by atoms with Crippen LogP contribution >= 0.6 is 0 Å². The molecule has 4 rings (SSSR count). The first-order chi connectivity index (χ1) is 16.8. The number of fused-ring (bicyclic) bond motifs is 1. The maximum absolute atomic E-state index is 13.3. The van der Waals surface area contributed by atoms with E-state index in [1.807, 2.05) is 37.3 Å². The summed E-state index contributed by atoms with van der Waals surface area (Å²) in [6, 6.07) is 21.9. The summed E-state index contributed by atoms with van der Waals surface area (Å²) in [6.07, 6.45) is 0. The molecule has 0 aliphatic carbocycles. The van der Waals surface area contributed by atoms with Crippen molar-refractivity contribution in [3.8, 4) is 22.8 Å². The van der Waals surface area contributed by atoms with Gasteiger partial charge in [-0.15, -0.1) is 0 Å². The highest BCUT2D eigenvalue weighted by Crippen LogP contribution is 2.32. The lowest BCUT2D eigenvalue weighted by molar-refractivity contribution is -0.118. The molecule has 180 valence electrons. The fourth-order valence-corrected chi connectivity index (χ4v) is 3.70. The van der Waals surface area contributed by atoms with E-state index in [9.17, 15) is 9.59 Å². The predicted molar refractivity (Wildman–Crippen MR) is 138 cm³/mol. The van der Waals surface area contributed by atoms with Crippen molar-refractivity contribution >= 4 is 22.6 Å². The third-order valence-electron chi connectivity index (χ3n) is 5.57. The van der Waals surface area contributed by atoms with Crippen molar-refractivity contribution in [1.82, 2.24) is 0 Å². The van der Waals surface area contributed by atoms with Crippen molar-refractivity contribution in [2.24, 2.45) is 0 Å². The van der Waals surface area contributed by atoms with Crippen molar-refractivity contribution in [3.63, 3.8) is 0 Å². The molecule has 0 atom stereocenters. The summed E-state index contributed by atoms with van der Waals surface area (Å²) in [5, 5.41) is 3.16. The molecular weight excluding hydrogens is 442 g/mol. The third kappa shape index (κ3) is 5.54. The summed E-state index contributed by atoms with van der Waals surface area (Å²) >= 11 is 0. The highest BCUT2D eigenvalue weighted by Gasteiger charge is 2.20. The molecule has 3 aromatic carbocycles. The Kier molecular flexibility index (Phi) is 6.92. The summed E-state index contributed by atoms with van der Waals surface area (Å²) in [5.74, 6) is 0.630. The van der Waals surface area contributed by atoms with Crippen LogP contribution < -0.4 is 20.2 Å². The Morgan fingerprint density at radius 2 is 1.60 bits per heavy atom. The van der Waals surface area contributed by atoms with E-state index in [4.69, 9.17) is 13.9 Å². The van der Waals surface area contributed by atoms with E-state index in [0.29, 0.717) is 34.6 Å². The number of hydrogen-bond acceptors (Lipinski definition) is 5. The van der Waals surface area contributed by atoms with Crippen LogP contribution in [0.3, 0.4) is 0 Å². The second kappa shape index (κ2) is 10.1. The number of carbonyl (C=O) groups is 1. The Hall–Kier alpha value is -4.06. The van der Waals surface area contributed by atoms with E-state index < -0.39 is 5.91 Å². The van der Waals surface area contributed by atoms with Gasteiger partial charge in [0, 0.05) is 11.3 Å². The molecule has 1 aromatic heterocycles. The lowest BCUT2D eigenvalue weighted by Crippen LogP contribution is -2.22. The average Bonchev–Trinajstić information content (AvgIpc) is 2.84. The second-order valence-corrected chi connectivity index (χ2v) is 9.21. The van der Waals surface area contributed by atoms with E-state index >= 15 is 0 Å². The van der Waals surface area contributed by atoms with Crippen molar-refractivity contribution in [3.05, 3.63) is 88.6 Å². The fourth-order valence-electron chi connectivity index (χ4n) is 3.70. The lowest BCUT2D eigenvalue weighted by Gasteiger charge is -2.19. The first-order valence-corrected chi connectivity index (χ1v) is 11.6. The fraction of sp³-hybridized carbons (Fsp3) is 0.241. The molecule has 4 aromatic rings. The zero-order valence-corrected chi connectivity index (χ0v) is 20.4. The standard InChI is InChI=1S/C29H29NO5/c1-5-33-22-16-14-21(15-17-22)30-25(31)18-34-28-26(32)23-8-6-7-9-24(23)35-27(28)19-10-12-20(13-11-19)29(2,3)4/h6-17H,5,18H2,1-4H3,(H,30,31). The molecule has 1 amide bonds. The number of anilines is 1. The zero-order valence-electron chi connectivity index (χ0n) is 20.4. The van der Waals surface area contributed by atoms with Gasteiger partial charge in [0.05, 0.1) is 12.0 Å². The van der Waals surface area contributed by atoms with Gasteiger partial charge in [-0.25, -0.2) is 0 Å². The Balaban J connectivity index is 1.61. The molecule has 0 aliphatic rings. The number of nitrogens with one attached hydrogen (secondary N) is 1. The Morgan fingerprint density at radius 3 is 2.26 bits per heavy atom. The van der Waals surface area contributed by atoms with Crippen LogP contribution in [0.5, 0.6) is 11.5 Å². The van der Waals surface area contributed by atoms with Gasteiger partial charge in [-0.2, -0.15) is 0 Å². The molecule has 6 nitrogen and oxygen atoms in total. The number of para-hydroxylation sites is 1. The summed E-state index contributed by atoms with van der Waals surface area (Å²) in [4.78, 5) is 25.9. The molecule has 0 unspecified atom stereocenters. The molecule has 0 radical (unpaired) electrons. The molecule has 0 fully saturated rings. The minimum atomic E-state index is -0.393. The van der Waals surface area contributed by atoms with E-state index in [0.717, 1.165) is 11.3 Å². The quantitative estimate of drug-likeness (QED) is 0.349. The van der Waals surface area contributed by atoms with Crippen LogP contribution in [0.4, 0.5) is 5.69 Å². The van der Waals surface area contributed by atoms with Gasteiger partial charge in [-0.3, -0.25) is 9.59 Å². The van der Waals surface area contributed by atoms with Gasteiger partial charge < -0.3 is 19.2 Å². The van der Waals surface area contributed by atoms with Crippen molar-refractivity contribution in [1.29, 1.82) is 0 Å². The first-order valence-electron chi connectivity index (χ1n) is 11.6. The zero-order chi connectivity index (χ0) is 25.0. The van der Waals surface area contributed by atoms with Crippen molar-refractivity contribution in [2.75, 3.05) is 18.5 Å². The van der Waals surface area contributed by atoms with E-state index in [1.165, 1.54) is 0 Å². The lowest BCUT2D eigenvalue weighted by atomic mass is 9.86. The molecule has 0 bridgehead atoms. The SMILES string of the molecule is CCOc1ccc(NC(=O)COc2c(-c3ccc(C(C)(C)C)cc3)oc3ccccc3c2=O)cc1. The number of benzene rings is 3. The number of amides is 1. The molecule has 0 saturated carbocycles. The predicted octanol–water partition coefficient (Wildman–Crippen LogP) is 6.17. The molecule has 6 heteroatoms. The minimum Gasteiger partial charge on any atom is -0.494 e. The van der Waals surface area contributed by atoms with E-state index in [2.05, 4.69) is 26.1 Å². The monoisotopic (exact) mass is 471 g/mol. The molecular formula is C29H29NO5. The van der Waals surface area contributed by atoms with Gasteiger partial charge in [0.15, 0.2) is 12.4 Å². The van der Waals surface area contributed by atoms with Crippen LogP contribution in [-0.2, 0) is 10.2 Å². The smallest absolute Gasteiger partial charge is 0.262 e. The molecule has 0 saturated heterocycles. The van der Waals surface area contributed by atoms with Crippen molar-refractivity contribution in [2.45, 2.75) is 33.1 Å². The van der Waals surface area contributed by atoms with Gasteiger partial charge in [0.25, 0.3) is 5.91 Å². The third-order valence-corrected chi connectivity index (χ3v) is 5.57. The topological polar surface area (TPSA) is 77.8 Å². The molecule has 0 aliphatic heterocycles. The normalized spacial score (nSPS) is 11.3. The van der Waals surface area contributed by atoms with Crippen LogP contribution in [-0.4, -0.2) is 19.1 Å². The largest absolute Gasteiger partial charge is 0.494 e. The summed E-state index contributed by atoms with van der Waals surface area (Å²) in [7, 11) is 0. The van der Waals surface area contributed by atoms with Crippen molar-refractivity contribution < 1.29 is 18.7 Å². The van der Waals surface area contributed by atoms with Crippen LogP contribution in [0.25, 0.3) is 22.3 Å². The molecule has 0 spiro atoms. The number of hydrogen-bond donors (Lipinski definition) is 1. The first kappa shape index (κ1) is 24.1. The number of rotatable bonds is 7. The van der Waals surface area contributed by atoms with Gasteiger partial charge in [-0.05, 0) is 54.3 Å². The number of carbonyl (C=O) groups excluding carboxylic acids is 1.